The maximum atomic E-state index is 10.9. The maximum Gasteiger partial charge on any atom is 0.251 e. The fourth-order valence-corrected chi connectivity index (χ4v) is 0.734. The minimum Gasteiger partial charge on any atom is -0.355 e. The third-order valence-electron chi connectivity index (χ3n) is 1.26. The summed E-state index contributed by atoms with van der Waals surface area (Å²) in [5.41, 5.74) is 0.699. The zero-order chi connectivity index (χ0) is 13.4. The molecule has 0 aliphatic rings. The first kappa shape index (κ1) is 20.1. The molecule has 0 radical (unpaired) electrons. The zero-order valence-electron chi connectivity index (χ0n) is 11.8. The average molecular weight is 225 g/mol. The number of rotatable bonds is 1. The second kappa shape index (κ2) is 19.3. The van der Waals surface area contributed by atoms with Gasteiger partial charge in [-0.3, -0.25) is 4.79 Å². The molecule has 1 rings (SSSR count). The van der Waals surface area contributed by atoms with Crippen molar-refractivity contribution in [2.24, 2.45) is 0 Å². The molecule has 16 heavy (non-hydrogen) atoms. The van der Waals surface area contributed by atoms with Crippen molar-refractivity contribution in [3.05, 3.63) is 35.9 Å². The number of hydrogen-bond acceptors (Lipinski definition) is 1. The van der Waals surface area contributed by atoms with Gasteiger partial charge in [-0.2, -0.15) is 0 Å². The molecular weight excluding hydrogens is 198 g/mol. The van der Waals surface area contributed by atoms with Gasteiger partial charge in [0.1, 0.15) is 0 Å². The maximum absolute atomic E-state index is 10.9. The van der Waals surface area contributed by atoms with Crippen LogP contribution in [0.15, 0.2) is 30.3 Å². The van der Waals surface area contributed by atoms with Gasteiger partial charge in [0.2, 0.25) is 0 Å². The Morgan fingerprint density at radius 3 is 1.56 bits per heavy atom. The van der Waals surface area contributed by atoms with Crippen LogP contribution in [0, 0.1) is 0 Å². The fraction of sp³-hybridized carbons (Fsp3) is 0.500. The van der Waals surface area contributed by atoms with Crippen LogP contribution in [-0.2, 0) is 0 Å². The summed E-state index contributed by atoms with van der Waals surface area (Å²) >= 11 is 0. The predicted molar refractivity (Wildman–Crippen MR) is 73.9 cm³/mol. The van der Waals surface area contributed by atoms with Crippen molar-refractivity contribution in [3.8, 4) is 0 Å². The smallest absolute Gasteiger partial charge is 0.251 e. The van der Waals surface area contributed by atoms with Crippen LogP contribution in [0.4, 0.5) is 0 Å². The van der Waals surface area contributed by atoms with Crippen LogP contribution in [0.1, 0.15) is 51.9 Å². The molecule has 0 aliphatic heterocycles. The summed E-state index contributed by atoms with van der Waals surface area (Å²) in [6, 6.07) is 9.11. The Morgan fingerprint density at radius 2 is 1.25 bits per heavy atom. The van der Waals surface area contributed by atoms with Crippen LogP contribution in [0.5, 0.6) is 0 Å². The van der Waals surface area contributed by atoms with E-state index in [1.54, 1.807) is 19.2 Å². The number of nitrogens with one attached hydrogen (secondary N) is 1. The topological polar surface area (TPSA) is 29.1 Å². The second-order valence-electron chi connectivity index (χ2n) is 1.95. The van der Waals surface area contributed by atoms with E-state index in [4.69, 9.17) is 0 Å². The van der Waals surface area contributed by atoms with E-state index >= 15 is 0 Å². The molecule has 0 bridgehead atoms. The van der Waals surface area contributed by atoms with Crippen molar-refractivity contribution in [1.29, 1.82) is 0 Å². The van der Waals surface area contributed by atoms with Crippen LogP contribution < -0.4 is 5.32 Å². The second-order valence-corrected chi connectivity index (χ2v) is 1.95. The molecule has 94 valence electrons. The molecule has 2 heteroatoms. The van der Waals surface area contributed by atoms with Gasteiger partial charge in [-0.25, -0.2) is 0 Å². The molecule has 2 nitrogen and oxygen atoms in total. The van der Waals surface area contributed by atoms with Gasteiger partial charge in [-0.05, 0) is 12.1 Å². The van der Waals surface area contributed by atoms with E-state index in [9.17, 15) is 4.79 Å². The number of carbonyl (C=O) groups is 1. The van der Waals surface area contributed by atoms with Crippen LogP contribution in [-0.4, -0.2) is 13.0 Å². The lowest BCUT2D eigenvalue weighted by atomic mass is 10.2. The van der Waals surface area contributed by atoms with Crippen molar-refractivity contribution >= 4 is 5.91 Å². The van der Waals surface area contributed by atoms with Gasteiger partial charge in [0.05, 0.1) is 0 Å². The van der Waals surface area contributed by atoms with Crippen molar-refractivity contribution in [3.63, 3.8) is 0 Å². The van der Waals surface area contributed by atoms with E-state index in [1.165, 1.54) is 0 Å². The van der Waals surface area contributed by atoms with Gasteiger partial charge >= 0.3 is 0 Å². The van der Waals surface area contributed by atoms with E-state index in [0.29, 0.717) is 5.56 Å². The molecule has 0 heterocycles. The zero-order valence-corrected chi connectivity index (χ0v) is 11.8. The van der Waals surface area contributed by atoms with Crippen LogP contribution >= 0.6 is 0 Å². The van der Waals surface area contributed by atoms with E-state index in [1.807, 2.05) is 59.7 Å². The lowest BCUT2D eigenvalue weighted by Crippen LogP contribution is -2.17. The molecule has 0 unspecified atom stereocenters. The van der Waals surface area contributed by atoms with Gasteiger partial charge in [0.25, 0.3) is 5.91 Å². The minimum absolute atomic E-state index is 0.0411. The average Bonchev–Trinajstić information content (AvgIpc) is 2.45. The number of hydrogen-bond donors (Lipinski definition) is 1. The first-order valence-corrected chi connectivity index (χ1v) is 6.11. The predicted octanol–water partition coefficient (Wildman–Crippen LogP) is 4.12. The van der Waals surface area contributed by atoms with E-state index < -0.39 is 0 Å². The molecule has 0 spiro atoms. The summed E-state index contributed by atoms with van der Waals surface area (Å²) in [5.74, 6) is -0.0411. The number of amides is 1. The van der Waals surface area contributed by atoms with Gasteiger partial charge in [-0.1, -0.05) is 59.7 Å². The fourth-order valence-electron chi connectivity index (χ4n) is 0.734. The summed E-state index contributed by atoms with van der Waals surface area (Å²) < 4.78 is 0. The van der Waals surface area contributed by atoms with Crippen LogP contribution in [0.2, 0.25) is 0 Å². The van der Waals surface area contributed by atoms with E-state index in [-0.39, 0.29) is 5.91 Å². The van der Waals surface area contributed by atoms with Gasteiger partial charge in [0.15, 0.2) is 0 Å². The van der Waals surface area contributed by atoms with Crippen molar-refractivity contribution < 1.29 is 4.79 Å². The third kappa shape index (κ3) is 10.8. The quantitative estimate of drug-likeness (QED) is 0.765. The van der Waals surface area contributed by atoms with E-state index in [2.05, 4.69) is 5.32 Å². The Labute approximate surface area is 101 Å². The van der Waals surface area contributed by atoms with Crippen molar-refractivity contribution in [2.45, 2.75) is 41.5 Å². The number of carbonyl (C=O) groups excluding carboxylic acids is 1. The Morgan fingerprint density at radius 1 is 0.875 bits per heavy atom. The largest absolute Gasteiger partial charge is 0.355 e. The molecule has 0 saturated heterocycles. The molecule has 0 saturated carbocycles. The molecule has 0 aliphatic carbocycles. The molecular formula is C14H27NO. The molecule has 1 amide bonds. The lowest BCUT2D eigenvalue weighted by molar-refractivity contribution is 0.0963. The Kier molecular flexibility index (Phi) is 24.3. The molecule has 0 fully saturated rings. The standard InChI is InChI=1S/C8H9NO.3C2H6/c1-9-8(10)7-5-3-2-4-6-7;3*1-2/h2-6H,1H3,(H,9,10);3*1-2H3. The van der Waals surface area contributed by atoms with E-state index in [0.717, 1.165) is 0 Å². The highest BCUT2D eigenvalue weighted by Gasteiger charge is 1.97. The third-order valence-corrected chi connectivity index (χ3v) is 1.26. The van der Waals surface area contributed by atoms with Crippen LogP contribution in [0.3, 0.4) is 0 Å². The van der Waals surface area contributed by atoms with Crippen molar-refractivity contribution in [1.82, 2.24) is 5.32 Å². The molecule has 1 aromatic rings. The minimum atomic E-state index is -0.0411. The Balaban J connectivity index is -0.000000245. The monoisotopic (exact) mass is 225 g/mol. The number of benzene rings is 1. The normalized spacial score (nSPS) is 6.69. The first-order chi connectivity index (χ1) is 7.84. The summed E-state index contributed by atoms with van der Waals surface area (Å²) in [7, 11) is 1.62. The van der Waals surface area contributed by atoms with Gasteiger partial charge < -0.3 is 5.32 Å². The molecule has 1 aromatic carbocycles. The summed E-state index contributed by atoms with van der Waals surface area (Å²) in [4.78, 5) is 10.9. The van der Waals surface area contributed by atoms with Crippen LogP contribution in [0.25, 0.3) is 0 Å². The SMILES string of the molecule is CC.CC.CC.CNC(=O)c1ccccc1. The first-order valence-electron chi connectivity index (χ1n) is 6.11. The highest BCUT2D eigenvalue weighted by atomic mass is 16.1. The highest BCUT2D eigenvalue weighted by molar-refractivity contribution is 5.93. The summed E-state index contributed by atoms with van der Waals surface area (Å²) in [6.07, 6.45) is 0. The summed E-state index contributed by atoms with van der Waals surface area (Å²) in [5, 5.41) is 2.54. The molecule has 1 N–H and O–H groups in total. The Bertz CT molecular complexity index is 219. The highest BCUT2D eigenvalue weighted by Crippen LogP contribution is 1.96. The summed E-state index contributed by atoms with van der Waals surface area (Å²) in [6.45, 7) is 12.0. The van der Waals surface area contributed by atoms with Gasteiger partial charge in [0, 0.05) is 12.6 Å². The lowest BCUT2D eigenvalue weighted by Gasteiger charge is -1.96. The van der Waals surface area contributed by atoms with Crippen molar-refractivity contribution in [2.75, 3.05) is 7.05 Å². The molecule has 0 aromatic heterocycles. The molecule has 0 atom stereocenters. The van der Waals surface area contributed by atoms with Gasteiger partial charge in [-0.15, -0.1) is 0 Å². The Hall–Kier alpha value is -1.31.